The van der Waals surface area contributed by atoms with E-state index in [0.29, 0.717) is 17.5 Å². The van der Waals surface area contributed by atoms with Crippen LogP contribution < -0.4 is 0 Å². The largest absolute Gasteiger partial charge is 0.465 e. The van der Waals surface area contributed by atoms with Crippen molar-refractivity contribution in [2.24, 2.45) is 11.8 Å². The van der Waals surface area contributed by atoms with Crippen molar-refractivity contribution in [2.45, 2.75) is 36.9 Å². The van der Waals surface area contributed by atoms with E-state index in [1.807, 2.05) is 66.7 Å². The summed E-state index contributed by atoms with van der Waals surface area (Å²) < 4.78 is 13.8. The highest BCUT2D eigenvalue weighted by Gasteiger charge is 2.72. The number of aliphatic hydroxyl groups excluding tert-OH is 1. The van der Waals surface area contributed by atoms with Gasteiger partial charge in [-0.2, -0.15) is 0 Å². The van der Waals surface area contributed by atoms with E-state index >= 15 is 0 Å². The van der Waals surface area contributed by atoms with Gasteiger partial charge in [0, 0.05) is 6.54 Å². The summed E-state index contributed by atoms with van der Waals surface area (Å²) in [4.78, 5) is 45.4. The molecule has 0 saturated carbocycles. The predicted molar refractivity (Wildman–Crippen MR) is 145 cm³/mol. The van der Waals surface area contributed by atoms with Crippen molar-refractivity contribution in [1.82, 2.24) is 24.8 Å². The van der Waals surface area contributed by atoms with E-state index in [0.717, 1.165) is 5.52 Å². The lowest BCUT2D eigenvalue weighted by molar-refractivity contribution is -0.157. The second-order valence-corrected chi connectivity index (χ2v) is 10.8. The van der Waals surface area contributed by atoms with E-state index < -0.39 is 54.1 Å². The molecule has 2 aromatic carbocycles. The number of rotatable bonds is 5. The van der Waals surface area contributed by atoms with Crippen LogP contribution in [0.4, 0.5) is 0 Å². The quantitative estimate of drug-likeness (QED) is 0.372. The molecule has 0 radical (unpaired) electrons. The Balaban J connectivity index is 1.34. The Morgan fingerprint density at radius 3 is 2.66 bits per heavy atom. The van der Waals surface area contributed by atoms with Gasteiger partial charge < -0.3 is 24.4 Å². The van der Waals surface area contributed by atoms with Crippen molar-refractivity contribution < 1.29 is 29.0 Å². The topological polar surface area (TPSA) is 127 Å². The van der Waals surface area contributed by atoms with Crippen LogP contribution in [0.2, 0.25) is 0 Å². The maximum absolute atomic E-state index is 14.6. The number of carbonyl (C=O) groups excluding carboxylic acids is 3. The summed E-state index contributed by atoms with van der Waals surface area (Å²) >= 11 is 0. The molecule has 6 atom stereocenters. The average Bonchev–Trinajstić information content (AvgIpc) is 3.57. The van der Waals surface area contributed by atoms with E-state index in [1.54, 1.807) is 21.7 Å². The fourth-order valence-corrected chi connectivity index (χ4v) is 6.77. The standard InChI is InChI=1S/C30H29N5O6/c36-17-22(19-9-2-1-3-10-19)35-26-28(38)33(18-34-21-12-5-4-11-20(21)31-32-34)15-8-14-30(26)25(27(35)37)24-23(41-30)13-6-7-16-40-29(24)39/h1-6,8-14,22-26,36H,7,15-18H2/t22-,23-,24+,25+,26?,30+/m1/s1. The molecular weight excluding hydrogens is 526 g/mol. The van der Waals surface area contributed by atoms with Crippen LogP contribution in [-0.4, -0.2) is 85.2 Å². The number of aromatic nitrogens is 3. The number of fused-ring (bicyclic) bond motifs is 3. The number of cyclic esters (lactones) is 1. The molecule has 11 nitrogen and oxygen atoms in total. The molecule has 41 heavy (non-hydrogen) atoms. The third kappa shape index (κ3) is 3.91. The molecule has 2 amide bonds. The molecule has 1 aromatic heterocycles. The van der Waals surface area contributed by atoms with Gasteiger partial charge in [-0.3, -0.25) is 14.4 Å². The molecule has 1 N–H and O–H groups in total. The number of esters is 1. The van der Waals surface area contributed by atoms with Gasteiger partial charge in [0.25, 0.3) is 5.91 Å². The highest BCUT2D eigenvalue weighted by Crippen LogP contribution is 2.55. The summed E-state index contributed by atoms with van der Waals surface area (Å²) in [5.74, 6) is -3.25. The van der Waals surface area contributed by atoms with Gasteiger partial charge in [-0.15, -0.1) is 5.10 Å². The van der Waals surface area contributed by atoms with Gasteiger partial charge in [0.1, 0.15) is 29.7 Å². The Hall–Kier alpha value is -4.35. The number of nitrogens with zero attached hydrogens (tertiary/aromatic N) is 5. The maximum Gasteiger partial charge on any atom is 0.312 e. The Morgan fingerprint density at radius 2 is 1.83 bits per heavy atom. The van der Waals surface area contributed by atoms with Crippen LogP contribution in [0.25, 0.3) is 11.0 Å². The first-order valence-electron chi connectivity index (χ1n) is 13.8. The lowest BCUT2D eigenvalue weighted by Gasteiger charge is -2.38. The van der Waals surface area contributed by atoms with E-state index in [2.05, 4.69) is 10.3 Å². The van der Waals surface area contributed by atoms with Crippen molar-refractivity contribution in [3.8, 4) is 0 Å². The molecule has 11 heteroatoms. The minimum Gasteiger partial charge on any atom is -0.465 e. The number of para-hydroxylation sites is 1. The Morgan fingerprint density at radius 1 is 1.02 bits per heavy atom. The second kappa shape index (κ2) is 9.93. The van der Waals surface area contributed by atoms with Crippen molar-refractivity contribution >= 4 is 28.8 Å². The minimum atomic E-state index is -1.43. The van der Waals surface area contributed by atoms with Gasteiger partial charge in [0.2, 0.25) is 5.91 Å². The van der Waals surface area contributed by atoms with Crippen molar-refractivity contribution in [3.63, 3.8) is 0 Å². The Labute approximate surface area is 235 Å². The van der Waals surface area contributed by atoms with Gasteiger partial charge in [0.05, 0.1) is 36.8 Å². The number of carbonyl (C=O) groups is 3. The van der Waals surface area contributed by atoms with Gasteiger partial charge >= 0.3 is 5.97 Å². The van der Waals surface area contributed by atoms with Gasteiger partial charge in [-0.05, 0) is 24.1 Å². The van der Waals surface area contributed by atoms with Crippen LogP contribution in [0, 0.1) is 11.8 Å². The van der Waals surface area contributed by atoms with Gasteiger partial charge in [0.15, 0.2) is 0 Å². The molecule has 0 bridgehead atoms. The average molecular weight is 556 g/mol. The Bertz CT molecular complexity index is 1570. The molecule has 0 aliphatic carbocycles. The molecule has 1 spiro atoms. The fourth-order valence-electron chi connectivity index (χ4n) is 6.77. The van der Waals surface area contributed by atoms with E-state index in [1.165, 1.54) is 4.90 Å². The first kappa shape index (κ1) is 25.6. The minimum absolute atomic E-state index is 0.0902. The van der Waals surface area contributed by atoms with Crippen LogP contribution in [0.3, 0.4) is 0 Å². The zero-order chi connectivity index (χ0) is 28.1. The van der Waals surface area contributed by atoms with Crippen LogP contribution in [0.15, 0.2) is 78.9 Å². The van der Waals surface area contributed by atoms with Crippen molar-refractivity contribution in [1.29, 1.82) is 0 Å². The molecule has 1 unspecified atom stereocenters. The highest BCUT2D eigenvalue weighted by molar-refractivity contribution is 5.99. The first-order valence-corrected chi connectivity index (χ1v) is 13.8. The second-order valence-electron chi connectivity index (χ2n) is 10.8. The summed E-state index contributed by atoms with van der Waals surface area (Å²) in [5.41, 5.74) is 0.703. The summed E-state index contributed by atoms with van der Waals surface area (Å²) in [6.07, 6.45) is 7.07. The smallest absolute Gasteiger partial charge is 0.312 e. The van der Waals surface area contributed by atoms with E-state index in [4.69, 9.17) is 9.47 Å². The normalized spacial score (nSPS) is 29.9. The molecule has 2 saturated heterocycles. The first-order chi connectivity index (χ1) is 20.0. The number of hydrogen-bond acceptors (Lipinski definition) is 8. The highest BCUT2D eigenvalue weighted by atomic mass is 16.6. The number of hydrogen-bond donors (Lipinski definition) is 1. The van der Waals surface area contributed by atoms with E-state index in [-0.39, 0.29) is 25.7 Å². The Kier molecular flexibility index (Phi) is 6.20. The van der Waals surface area contributed by atoms with Gasteiger partial charge in [-0.25, -0.2) is 4.68 Å². The molecule has 7 rings (SSSR count). The summed E-state index contributed by atoms with van der Waals surface area (Å²) in [5, 5.41) is 19.1. The maximum atomic E-state index is 14.6. The molecule has 4 aliphatic heterocycles. The van der Waals surface area contributed by atoms with Crippen LogP contribution in [0.1, 0.15) is 18.0 Å². The number of ether oxygens (including phenoxy) is 2. The zero-order valence-electron chi connectivity index (χ0n) is 22.2. The number of likely N-dealkylation sites (tertiary alicyclic amines) is 1. The monoisotopic (exact) mass is 555 g/mol. The van der Waals surface area contributed by atoms with Crippen LogP contribution in [-0.2, 0) is 30.5 Å². The summed E-state index contributed by atoms with van der Waals surface area (Å²) in [6.45, 7) is 0.108. The third-order valence-electron chi connectivity index (χ3n) is 8.56. The van der Waals surface area contributed by atoms with Crippen LogP contribution in [0.5, 0.6) is 0 Å². The molecule has 3 aromatic rings. The van der Waals surface area contributed by atoms with Crippen molar-refractivity contribution in [2.75, 3.05) is 19.8 Å². The SMILES string of the molecule is O=C1OCCC=C[C@H]2O[C@]34C=CCN(Cn5nnc6ccccc65)C(=O)C3N([C@H](CO)c3ccccc3)C(=O)[C@@H]4[C@@H]12. The molecule has 210 valence electrons. The lowest BCUT2D eigenvalue weighted by atomic mass is 9.77. The van der Waals surface area contributed by atoms with Crippen LogP contribution >= 0.6 is 0 Å². The predicted octanol–water partition coefficient (Wildman–Crippen LogP) is 1.60. The molecule has 2 fully saturated rings. The molecular formula is C30H29N5O6. The van der Waals surface area contributed by atoms with Gasteiger partial charge in [-0.1, -0.05) is 72.0 Å². The van der Waals surface area contributed by atoms with Crippen molar-refractivity contribution in [3.05, 3.63) is 84.5 Å². The fraction of sp³-hybridized carbons (Fsp3) is 0.367. The zero-order valence-corrected chi connectivity index (χ0v) is 22.2. The molecule has 5 heterocycles. The number of amides is 2. The third-order valence-corrected chi connectivity index (χ3v) is 8.56. The lowest BCUT2D eigenvalue weighted by Crippen LogP contribution is -2.56. The van der Waals surface area contributed by atoms with E-state index in [9.17, 15) is 19.5 Å². The summed E-state index contributed by atoms with van der Waals surface area (Å²) in [6, 6.07) is 14.6. The summed E-state index contributed by atoms with van der Waals surface area (Å²) in [7, 11) is 0. The number of aliphatic hydroxyl groups is 1. The molecule has 4 aliphatic rings. The number of benzene rings is 2.